The fourth-order valence-electron chi connectivity index (χ4n) is 0.281. The fourth-order valence-corrected chi connectivity index (χ4v) is 0.843. The molecule has 1 nitrogen and oxygen atoms in total. The van der Waals surface area contributed by atoms with E-state index >= 15 is 0 Å². The van der Waals surface area contributed by atoms with Crippen molar-refractivity contribution in [2.24, 2.45) is 4.99 Å². The molecular formula is C4H5NS. The van der Waals surface area contributed by atoms with Gasteiger partial charge in [-0.1, -0.05) is 0 Å². The molecule has 0 saturated carbocycles. The maximum absolute atomic E-state index is 3.96. The molecule has 2 heteroatoms. The van der Waals surface area contributed by atoms with Gasteiger partial charge < -0.3 is 0 Å². The quantitative estimate of drug-likeness (QED) is 0.444. The molecule has 0 amide bonds. The predicted molar refractivity (Wildman–Crippen MR) is 28.8 cm³/mol. The SMILES string of the molecule is CC1[C]SC=N1. The molecule has 1 aliphatic heterocycles. The smallest absolute Gasteiger partial charge is 0.0808 e. The molecule has 32 valence electrons. The van der Waals surface area contributed by atoms with E-state index in [1.807, 2.05) is 12.5 Å². The first kappa shape index (κ1) is 4.19. The Bertz CT molecular complexity index is 69.9. The summed E-state index contributed by atoms with van der Waals surface area (Å²) in [6.07, 6.45) is 0. The number of nitrogens with zero attached hydrogens (tertiary/aromatic N) is 1. The third kappa shape index (κ3) is 0.744. The van der Waals surface area contributed by atoms with Crippen LogP contribution < -0.4 is 0 Å². The molecule has 1 heterocycles. The van der Waals surface area contributed by atoms with Crippen LogP contribution in [0.25, 0.3) is 0 Å². The Morgan fingerprint density at radius 3 is 3.00 bits per heavy atom. The second-order valence-electron chi connectivity index (χ2n) is 1.17. The Morgan fingerprint density at radius 2 is 2.83 bits per heavy atom. The van der Waals surface area contributed by atoms with Gasteiger partial charge in [-0.2, -0.15) is 0 Å². The number of rotatable bonds is 0. The van der Waals surface area contributed by atoms with Crippen molar-refractivity contribution in [2.45, 2.75) is 13.0 Å². The van der Waals surface area contributed by atoms with Gasteiger partial charge in [-0.3, -0.25) is 4.99 Å². The summed E-state index contributed by atoms with van der Waals surface area (Å²) >= 11 is 1.54. The highest BCUT2D eigenvalue weighted by molar-refractivity contribution is 8.14. The van der Waals surface area contributed by atoms with Gasteiger partial charge in [-0.25, -0.2) is 0 Å². The van der Waals surface area contributed by atoms with Crippen LogP contribution in [0, 0.1) is 5.75 Å². The lowest BCUT2D eigenvalue weighted by Gasteiger charge is -1.85. The second-order valence-corrected chi connectivity index (χ2v) is 1.85. The Morgan fingerprint density at radius 1 is 2.00 bits per heavy atom. The van der Waals surface area contributed by atoms with Crippen LogP contribution in [-0.2, 0) is 0 Å². The van der Waals surface area contributed by atoms with E-state index in [-0.39, 0.29) is 0 Å². The molecule has 1 aliphatic rings. The molecule has 0 fully saturated rings. The largest absolute Gasteiger partial charge is 0.282 e. The van der Waals surface area contributed by atoms with Crippen LogP contribution in [0.1, 0.15) is 6.92 Å². The van der Waals surface area contributed by atoms with E-state index in [9.17, 15) is 0 Å². The highest BCUT2D eigenvalue weighted by Crippen LogP contribution is 2.14. The molecule has 0 aliphatic carbocycles. The van der Waals surface area contributed by atoms with Crippen molar-refractivity contribution in [3.05, 3.63) is 5.75 Å². The molecule has 0 N–H and O–H groups in total. The molecule has 0 bridgehead atoms. The first-order chi connectivity index (χ1) is 2.89. The Hall–Kier alpha value is 0.0200. The van der Waals surface area contributed by atoms with Gasteiger partial charge in [-0.05, 0) is 6.92 Å². The third-order valence-electron chi connectivity index (χ3n) is 0.576. The molecule has 1 rings (SSSR count). The summed E-state index contributed by atoms with van der Waals surface area (Å²) in [5, 5.41) is 0. The van der Waals surface area contributed by atoms with Crippen molar-refractivity contribution in [3.63, 3.8) is 0 Å². The van der Waals surface area contributed by atoms with Gasteiger partial charge in [0.15, 0.2) is 0 Å². The van der Waals surface area contributed by atoms with E-state index < -0.39 is 0 Å². The van der Waals surface area contributed by atoms with Crippen LogP contribution >= 0.6 is 11.8 Å². The zero-order valence-corrected chi connectivity index (χ0v) is 4.33. The summed E-state index contributed by atoms with van der Waals surface area (Å²) < 4.78 is 0. The highest BCUT2D eigenvalue weighted by atomic mass is 32.2. The average molecular weight is 99.2 g/mol. The molecule has 6 heavy (non-hydrogen) atoms. The molecule has 0 saturated heterocycles. The van der Waals surface area contributed by atoms with E-state index in [1.54, 1.807) is 11.8 Å². The predicted octanol–water partition coefficient (Wildman–Crippen LogP) is 1.19. The summed E-state index contributed by atoms with van der Waals surface area (Å²) in [5.41, 5.74) is 1.81. The summed E-state index contributed by atoms with van der Waals surface area (Å²) in [6, 6.07) is 0.329. The Labute approximate surface area is 41.8 Å². The van der Waals surface area contributed by atoms with Crippen LogP contribution in [0.4, 0.5) is 0 Å². The van der Waals surface area contributed by atoms with Crippen molar-refractivity contribution in [3.8, 4) is 0 Å². The van der Waals surface area contributed by atoms with Crippen molar-refractivity contribution in [2.75, 3.05) is 0 Å². The van der Waals surface area contributed by atoms with Crippen molar-refractivity contribution >= 4 is 17.3 Å². The van der Waals surface area contributed by atoms with Gasteiger partial charge in [0, 0.05) is 0 Å². The summed E-state index contributed by atoms with van der Waals surface area (Å²) in [4.78, 5) is 3.96. The monoisotopic (exact) mass is 99.0 g/mol. The van der Waals surface area contributed by atoms with Gasteiger partial charge in [0.2, 0.25) is 0 Å². The summed E-state index contributed by atoms with van der Waals surface area (Å²) in [6.45, 7) is 2.01. The topological polar surface area (TPSA) is 12.4 Å². The molecule has 2 radical (unpaired) electrons. The van der Waals surface area contributed by atoms with E-state index in [0.29, 0.717) is 6.04 Å². The van der Waals surface area contributed by atoms with E-state index in [0.717, 1.165) is 0 Å². The minimum absolute atomic E-state index is 0.329. The second kappa shape index (κ2) is 1.65. The molecule has 1 atom stereocenters. The molecule has 1 unspecified atom stereocenters. The zero-order valence-electron chi connectivity index (χ0n) is 3.51. The van der Waals surface area contributed by atoms with Crippen molar-refractivity contribution < 1.29 is 0 Å². The number of thioether (sulfide) groups is 1. The molecule has 0 aromatic carbocycles. The normalized spacial score (nSPS) is 31.8. The molecular weight excluding hydrogens is 94.1 g/mol. The maximum atomic E-state index is 3.96. The Balaban J connectivity index is 2.38. The molecule has 0 aromatic rings. The summed E-state index contributed by atoms with van der Waals surface area (Å²) in [5.74, 6) is 3.01. The van der Waals surface area contributed by atoms with Gasteiger partial charge in [0.05, 0.1) is 17.3 Å². The van der Waals surface area contributed by atoms with E-state index in [2.05, 4.69) is 10.7 Å². The van der Waals surface area contributed by atoms with E-state index in [4.69, 9.17) is 0 Å². The lowest BCUT2D eigenvalue weighted by Crippen LogP contribution is -1.85. The number of aliphatic imine (C=N–C) groups is 1. The number of hydrogen-bond donors (Lipinski definition) is 0. The van der Waals surface area contributed by atoms with Gasteiger partial charge in [-0.15, -0.1) is 11.8 Å². The van der Waals surface area contributed by atoms with Gasteiger partial charge in [0.25, 0.3) is 0 Å². The number of hydrogen-bond acceptors (Lipinski definition) is 2. The summed E-state index contributed by atoms with van der Waals surface area (Å²) in [7, 11) is 0. The lowest BCUT2D eigenvalue weighted by molar-refractivity contribution is 0.926. The van der Waals surface area contributed by atoms with Gasteiger partial charge >= 0.3 is 0 Å². The lowest BCUT2D eigenvalue weighted by atomic mass is 10.4. The minimum Gasteiger partial charge on any atom is -0.282 e. The third-order valence-corrected chi connectivity index (χ3v) is 1.28. The van der Waals surface area contributed by atoms with Crippen LogP contribution in [0.2, 0.25) is 0 Å². The first-order valence-electron chi connectivity index (χ1n) is 1.82. The van der Waals surface area contributed by atoms with Gasteiger partial charge in [0.1, 0.15) is 0 Å². The van der Waals surface area contributed by atoms with Crippen molar-refractivity contribution in [1.29, 1.82) is 0 Å². The zero-order chi connectivity index (χ0) is 4.41. The van der Waals surface area contributed by atoms with Crippen LogP contribution in [-0.4, -0.2) is 11.6 Å². The van der Waals surface area contributed by atoms with Crippen LogP contribution in [0.3, 0.4) is 0 Å². The molecule has 0 spiro atoms. The van der Waals surface area contributed by atoms with E-state index in [1.165, 1.54) is 0 Å². The Kier molecular flexibility index (Phi) is 1.15. The highest BCUT2D eigenvalue weighted by Gasteiger charge is 2.02. The van der Waals surface area contributed by atoms with Crippen LogP contribution in [0.15, 0.2) is 4.99 Å². The minimum atomic E-state index is 0.329. The molecule has 0 aromatic heterocycles. The standard InChI is InChI=1S/C4H5NS/c1-4-2-6-3-5-4/h3-4H,1H3. The average Bonchev–Trinajstić information content (AvgIpc) is 1.86. The fraction of sp³-hybridized carbons (Fsp3) is 0.500. The van der Waals surface area contributed by atoms with Crippen LogP contribution in [0.5, 0.6) is 0 Å². The maximum Gasteiger partial charge on any atom is 0.0808 e. The first-order valence-corrected chi connectivity index (χ1v) is 2.70. The van der Waals surface area contributed by atoms with Crippen molar-refractivity contribution in [1.82, 2.24) is 0 Å².